The highest BCUT2D eigenvalue weighted by molar-refractivity contribution is 6.29. The Balaban J connectivity index is 1.99. The number of halogens is 1. The lowest BCUT2D eigenvalue weighted by atomic mass is 10.1. The van der Waals surface area contributed by atoms with Crippen LogP contribution in [0.3, 0.4) is 0 Å². The number of pyridine rings is 1. The van der Waals surface area contributed by atoms with Gasteiger partial charge in [-0.1, -0.05) is 11.6 Å². The van der Waals surface area contributed by atoms with Crippen LogP contribution < -0.4 is 10.2 Å². The predicted molar refractivity (Wildman–Crippen MR) is 79.2 cm³/mol. The molecule has 5 nitrogen and oxygen atoms in total. The van der Waals surface area contributed by atoms with Gasteiger partial charge in [0.05, 0.1) is 12.8 Å². The predicted octanol–water partition coefficient (Wildman–Crippen LogP) is 2.22. The van der Waals surface area contributed by atoms with E-state index in [4.69, 9.17) is 16.3 Å². The molecule has 0 aliphatic carbocycles. The average Bonchev–Trinajstić information content (AvgIpc) is 2.45. The fraction of sp³-hybridized carbons (Fsp3) is 0.429. The van der Waals surface area contributed by atoms with E-state index in [0.717, 1.165) is 12.8 Å². The Morgan fingerprint density at radius 3 is 3.00 bits per heavy atom. The summed E-state index contributed by atoms with van der Waals surface area (Å²) in [5.74, 6) is 0.482. The molecule has 1 aliphatic heterocycles. The molecule has 0 saturated heterocycles. The van der Waals surface area contributed by atoms with Gasteiger partial charge in [0, 0.05) is 19.7 Å². The van der Waals surface area contributed by atoms with Crippen LogP contribution in [0.5, 0.6) is 0 Å². The van der Waals surface area contributed by atoms with Crippen LogP contribution in [-0.2, 0) is 4.74 Å². The Hall–Kier alpha value is -1.75. The summed E-state index contributed by atoms with van der Waals surface area (Å²) in [6, 6.07) is 3.27. The molecule has 1 amide bonds. The van der Waals surface area contributed by atoms with E-state index in [1.807, 2.05) is 20.2 Å². The van der Waals surface area contributed by atoms with Crippen LogP contribution in [0.25, 0.3) is 0 Å². The van der Waals surface area contributed by atoms with Crippen LogP contribution in [0, 0.1) is 0 Å². The van der Waals surface area contributed by atoms with E-state index >= 15 is 0 Å². The molecule has 0 bridgehead atoms. The second-order valence-corrected chi connectivity index (χ2v) is 5.24. The second kappa shape index (κ2) is 6.61. The number of amides is 1. The Bertz CT molecular complexity index is 517. The molecular formula is C14H18ClN3O2. The zero-order chi connectivity index (χ0) is 14.5. The average molecular weight is 296 g/mol. The summed E-state index contributed by atoms with van der Waals surface area (Å²) < 4.78 is 5.41. The quantitative estimate of drug-likeness (QED) is 0.866. The topological polar surface area (TPSA) is 54.5 Å². The third-order valence-corrected chi connectivity index (χ3v) is 3.21. The molecule has 108 valence electrons. The van der Waals surface area contributed by atoms with Gasteiger partial charge in [-0.25, -0.2) is 4.98 Å². The van der Waals surface area contributed by atoms with Crippen molar-refractivity contribution >= 4 is 23.3 Å². The number of nitrogens with one attached hydrogen (secondary N) is 1. The number of rotatable bonds is 4. The van der Waals surface area contributed by atoms with Gasteiger partial charge in [-0.3, -0.25) is 4.79 Å². The van der Waals surface area contributed by atoms with Gasteiger partial charge in [0.15, 0.2) is 0 Å². The summed E-state index contributed by atoms with van der Waals surface area (Å²) in [7, 11) is 3.70. The minimum atomic E-state index is -0.171. The molecule has 0 saturated carbocycles. The number of ether oxygens (including phenoxy) is 1. The first kappa shape index (κ1) is 14.7. The first-order chi connectivity index (χ1) is 9.56. The molecule has 0 spiro atoms. The Labute approximate surface area is 123 Å². The number of nitrogens with zero attached hydrogens (tertiary/aromatic N) is 2. The summed E-state index contributed by atoms with van der Waals surface area (Å²) in [6.07, 6.45) is 5.59. The van der Waals surface area contributed by atoms with E-state index in [1.54, 1.807) is 23.3 Å². The molecule has 1 atom stereocenters. The van der Waals surface area contributed by atoms with Crippen molar-refractivity contribution in [1.82, 2.24) is 10.3 Å². The Kier molecular flexibility index (Phi) is 4.84. The van der Waals surface area contributed by atoms with Crippen molar-refractivity contribution in [3.05, 3.63) is 35.2 Å². The second-order valence-electron chi connectivity index (χ2n) is 4.85. The summed E-state index contributed by atoms with van der Waals surface area (Å²) in [5, 5.41) is 3.16. The number of hydrogen-bond donors (Lipinski definition) is 1. The number of carbonyl (C=O) groups is 1. The van der Waals surface area contributed by atoms with Crippen molar-refractivity contribution in [3.63, 3.8) is 0 Å². The molecule has 1 aromatic heterocycles. The van der Waals surface area contributed by atoms with Crippen LogP contribution in [0.15, 0.2) is 24.5 Å². The van der Waals surface area contributed by atoms with E-state index in [-0.39, 0.29) is 12.0 Å². The van der Waals surface area contributed by atoms with Crippen LogP contribution in [0.4, 0.5) is 5.82 Å². The fourth-order valence-corrected chi connectivity index (χ4v) is 2.09. The summed E-state index contributed by atoms with van der Waals surface area (Å²) in [6.45, 7) is 0.487. The van der Waals surface area contributed by atoms with Crippen LogP contribution >= 0.6 is 11.6 Å². The molecule has 2 rings (SSSR count). The van der Waals surface area contributed by atoms with Gasteiger partial charge in [-0.05, 0) is 31.1 Å². The molecule has 1 aromatic rings. The lowest BCUT2D eigenvalue weighted by Crippen LogP contribution is -2.33. The zero-order valence-corrected chi connectivity index (χ0v) is 12.4. The maximum Gasteiger partial charge on any atom is 0.251 e. The number of hydrogen-bond acceptors (Lipinski definition) is 4. The molecule has 20 heavy (non-hydrogen) atoms. The van der Waals surface area contributed by atoms with E-state index in [9.17, 15) is 4.79 Å². The SMILES string of the molecule is CN(C)c1cc(C(=O)NC[C@@H]2CCC=CO2)cc(Cl)n1. The smallest absolute Gasteiger partial charge is 0.251 e. The molecule has 0 fully saturated rings. The minimum Gasteiger partial charge on any atom is -0.497 e. The van der Waals surface area contributed by atoms with Gasteiger partial charge in [-0.2, -0.15) is 0 Å². The summed E-state index contributed by atoms with van der Waals surface area (Å²) in [5.41, 5.74) is 0.500. The molecular weight excluding hydrogens is 278 g/mol. The van der Waals surface area contributed by atoms with E-state index in [2.05, 4.69) is 10.3 Å². The molecule has 6 heteroatoms. The number of aromatic nitrogens is 1. The number of carbonyl (C=O) groups excluding carboxylic acids is 1. The van der Waals surface area contributed by atoms with Gasteiger partial charge < -0.3 is 15.0 Å². The monoisotopic (exact) mass is 295 g/mol. The Morgan fingerprint density at radius 1 is 1.55 bits per heavy atom. The van der Waals surface area contributed by atoms with Crippen LogP contribution in [0.1, 0.15) is 23.2 Å². The third-order valence-electron chi connectivity index (χ3n) is 3.01. The van der Waals surface area contributed by atoms with E-state index < -0.39 is 0 Å². The normalized spacial score (nSPS) is 17.4. The molecule has 0 unspecified atom stereocenters. The molecule has 2 heterocycles. The highest BCUT2D eigenvalue weighted by Gasteiger charge is 2.14. The summed E-state index contributed by atoms with van der Waals surface area (Å²) >= 11 is 5.94. The third kappa shape index (κ3) is 3.87. The number of allylic oxidation sites excluding steroid dienone is 1. The van der Waals surface area contributed by atoms with Crippen molar-refractivity contribution in [3.8, 4) is 0 Å². The first-order valence-electron chi connectivity index (χ1n) is 6.50. The van der Waals surface area contributed by atoms with Crippen molar-refractivity contribution in [1.29, 1.82) is 0 Å². The van der Waals surface area contributed by atoms with Gasteiger partial charge in [0.1, 0.15) is 17.1 Å². The maximum atomic E-state index is 12.1. The number of anilines is 1. The standard InChI is InChI=1S/C14H18ClN3O2/c1-18(2)13-8-10(7-12(15)17-13)14(19)16-9-11-5-3-4-6-20-11/h4,6-8,11H,3,5,9H2,1-2H3,(H,16,19)/t11-/m0/s1. The van der Waals surface area contributed by atoms with Gasteiger partial charge in [0.25, 0.3) is 5.91 Å². The highest BCUT2D eigenvalue weighted by atomic mass is 35.5. The van der Waals surface area contributed by atoms with Crippen LogP contribution in [-0.4, -0.2) is 37.6 Å². The fourth-order valence-electron chi connectivity index (χ4n) is 1.89. The lowest BCUT2D eigenvalue weighted by Gasteiger charge is -2.20. The molecule has 1 N–H and O–H groups in total. The lowest BCUT2D eigenvalue weighted by molar-refractivity contribution is 0.0876. The zero-order valence-electron chi connectivity index (χ0n) is 11.6. The van der Waals surface area contributed by atoms with Crippen molar-refractivity contribution in [2.24, 2.45) is 0 Å². The van der Waals surface area contributed by atoms with Crippen molar-refractivity contribution < 1.29 is 9.53 Å². The van der Waals surface area contributed by atoms with Gasteiger partial charge >= 0.3 is 0 Å². The van der Waals surface area contributed by atoms with E-state index in [0.29, 0.717) is 23.1 Å². The van der Waals surface area contributed by atoms with Gasteiger partial charge in [0.2, 0.25) is 0 Å². The van der Waals surface area contributed by atoms with Crippen molar-refractivity contribution in [2.45, 2.75) is 18.9 Å². The Morgan fingerprint density at radius 2 is 2.35 bits per heavy atom. The van der Waals surface area contributed by atoms with Crippen LogP contribution in [0.2, 0.25) is 5.15 Å². The highest BCUT2D eigenvalue weighted by Crippen LogP contribution is 2.16. The molecule has 0 radical (unpaired) electrons. The van der Waals surface area contributed by atoms with Crippen molar-refractivity contribution in [2.75, 3.05) is 25.5 Å². The first-order valence-corrected chi connectivity index (χ1v) is 6.87. The largest absolute Gasteiger partial charge is 0.497 e. The molecule has 0 aromatic carbocycles. The van der Waals surface area contributed by atoms with Gasteiger partial charge in [-0.15, -0.1) is 0 Å². The minimum absolute atomic E-state index is 0.0366. The summed E-state index contributed by atoms with van der Waals surface area (Å²) in [4.78, 5) is 18.1. The van der Waals surface area contributed by atoms with E-state index in [1.165, 1.54) is 0 Å². The maximum absolute atomic E-state index is 12.1. The molecule has 1 aliphatic rings.